The summed E-state index contributed by atoms with van der Waals surface area (Å²) >= 11 is 0. The molecule has 0 unspecified atom stereocenters. The molecule has 0 saturated carbocycles. The molecule has 0 fully saturated rings. The van der Waals surface area contributed by atoms with Crippen molar-refractivity contribution in [3.63, 3.8) is 0 Å². The van der Waals surface area contributed by atoms with Crippen LogP contribution in [-0.4, -0.2) is 15.4 Å². The van der Waals surface area contributed by atoms with Crippen molar-refractivity contribution in [2.45, 2.75) is 13.8 Å². The van der Waals surface area contributed by atoms with Crippen LogP contribution in [0.1, 0.15) is 11.4 Å². The SMILES string of the molecule is Cc1cc(-c2c(C)noc2O)on1. The molecule has 0 radical (unpaired) electrons. The van der Waals surface area contributed by atoms with Gasteiger partial charge in [-0.05, 0) is 13.8 Å². The van der Waals surface area contributed by atoms with Crippen LogP contribution in [0.5, 0.6) is 5.95 Å². The second kappa shape index (κ2) is 2.62. The monoisotopic (exact) mass is 180 g/mol. The van der Waals surface area contributed by atoms with Crippen LogP contribution in [0.3, 0.4) is 0 Å². The summed E-state index contributed by atoms with van der Waals surface area (Å²) in [7, 11) is 0. The highest BCUT2D eigenvalue weighted by Gasteiger charge is 2.17. The Kier molecular flexibility index (Phi) is 1.58. The highest BCUT2D eigenvalue weighted by molar-refractivity contribution is 5.64. The molecule has 13 heavy (non-hydrogen) atoms. The Labute approximate surface area is 73.9 Å². The van der Waals surface area contributed by atoms with E-state index in [0.717, 1.165) is 5.69 Å². The Bertz CT molecular complexity index is 411. The molecule has 5 heteroatoms. The summed E-state index contributed by atoms with van der Waals surface area (Å²) in [4.78, 5) is 0. The zero-order valence-corrected chi connectivity index (χ0v) is 7.24. The number of hydrogen-bond donors (Lipinski definition) is 1. The van der Waals surface area contributed by atoms with Crippen LogP contribution in [0.2, 0.25) is 0 Å². The minimum atomic E-state index is -0.242. The minimum absolute atomic E-state index is 0.242. The summed E-state index contributed by atoms with van der Waals surface area (Å²) in [5.74, 6) is 0.224. The predicted molar refractivity (Wildman–Crippen MR) is 43.1 cm³/mol. The van der Waals surface area contributed by atoms with Crippen LogP contribution in [0, 0.1) is 13.8 Å². The van der Waals surface area contributed by atoms with Crippen LogP contribution in [0.15, 0.2) is 15.1 Å². The Morgan fingerprint density at radius 2 is 2.00 bits per heavy atom. The largest absolute Gasteiger partial charge is 0.479 e. The molecule has 0 atom stereocenters. The Hall–Kier alpha value is -1.78. The van der Waals surface area contributed by atoms with Gasteiger partial charge in [-0.25, -0.2) is 0 Å². The van der Waals surface area contributed by atoms with Crippen molar-refractivity contribution in [2.75, 3.05) is 0 Å². The lowest BCUT2D eigenvalue weighted by Gasteiger charge is -1.88. The smallest absolute Gasteiger partial charge is 0.320 e. The molecule has 2 aromatic rings. The van der Waals surface area contributed by atoms with Crippen LogP contribution < -0.4 is 0 Å². The zero-order chi connectivity index (χ0) is 9.42. The summed E-state index contributed by atoms with van der Waals surface area (Å²) in [5.41, 5.74) is 1.78. The van der Waals surface area contributed by atoms with Crippen molar-refractivity contribution in [1.29, 1.82) is 0 Å². The molecule has 5 nitrogen and oxygen atoms in total. The topological polar surface area (TPSA) is 72.3 Å². The molecule has 2 heterocycles. The van der Waals surface area contributed by atoms with Gasteiger partial charge in [0.25, 0.3) is 0 Å². The number of aromatic nitrogens is 2. The molecule has 1 N–H and O–H groups in total. The molecule has 0 saturated heterocycles. The number of aryl methyl sites for hydroxylation is 2. The van der Waals surface area contributed by atoms with Gasteiger partial charge in [0.2, 0.25) is 0 Å². The highest BCUT2D eigenvalue weighted by Crippen LogP contribution is 2.32. The predicted octanol–water partition coefficient (Wildman–Crippen LogP) is 1.65. The van der Waals surface area contributed by atoms with E-state index in [0.29, 0.717) is 17.0 Å². The minimum Gasteiger partial charge on any atom is -0.479 e. The number of nitrogens with zero attached hydrogens (tertiary/aromatic N) is 2. The van der Waals surface area contributed by atoms with E-state index in [1.165, 1.54) is 0 Å². The van der Waals surface area contributed by atoms with Gasteiger partial charge >= 0.3 is 5.95 Å². The van der Waals surface area contributed by atoms with Gasteiger partial charge in [-0.1, -0.05) is 10.3 Å². The molecular formula is C8H8N2O3. The summed E-state index contributed by atoms with van der Waals surface area (Å²) in [6.07, 6.45) is 0. The summed E-state index contributed by atoms with van der Waals surface area (Å²) in [6.45, 7) is 3.52. The zero-order valence-electron chi connectivity index (χ0n) is 7.24. The molecule has 0 aliphatic rings. The van der Waals surface area contributed by atoms with Crippen LogP contribution >= 0.6 is 0 Å². The van der Waals surface area contributed by atoms with E-state index in [1.54, 1.807) is 19.9 Å². The fourth-order valence-corrected chi connectivity index (χ4v) is 1.12. The van der Waals surface area contributed by atoms with E-state index in [9.17, 15) is 5.11 Å². The molecule has 0 amide bonds. The van der Waals surface area contributed by atoms with E-state index >= 15 is 0 Å². The quantitative estimate of drug-likeness (QED) is 0.722. The molecule has 2 aromatic heterocycles. The fourth-order valence-electron chi connectivity index (χ4n) is 1.12. The molecule has 0 aliphatic carbocycles. The molecule has 2 rings (SSSR count). The van der Waals surface area contributed by atoms with Crippen LogP contribution in [0.25, 0.3) is 11.3 Å². The average Bonchev–Trinajstić information content (AvgIpc) is 2.60. The number of rotatable bonds is 1. The van der Waals surface area contributed by atoms with E-state index in [2.05, 4.69) is 14.8 Å². The first kappa shape index (κ1) is 7.85. The first-order valence-electron chi connectivity index (χ1n) is 3.77. The van der Waals surface area contributed by atoms with E-state index in [-0.39, 0.29) is 5.95 Å². The van der Waals surface area contributed by atoms with E-state index in [4.69, 9.17) is 4.52 Å². The Morgan fingerprint density at radius 1 is 1.23 bits per heavy atom. The molecule has 0 spiro atoms. The maximum absolute atomic E-state index is 9.28. The third kappa shape index (κ3) is 1.18. The van der Waals surface area contributed by atoms with Crippen LogP contribution in [0.4, 0.5) is 0 Å². The summed E-state index contributed by atoms with van der Waals surface area (Å²) in [6, 6.07) is 1.71. The summed E-state index contributed by atoms with van der Waals surface area (Å²) < 4.78 is 9.54. The first-order valence-corrected chi connectivity index (χ1v) is 3.77. The van der Waals surface area contributed by atoms with Gasteiger partial charge in [0.1, 0.15) is 5.56 Å². The van der Waals surface area contributed by atoms with E-state index < -0.39 is 0 Å². The Morgan fingerprint density at radius 3 is 2.46 bits per heavy atom. The van der Waals surface area contributed by atoms with Crippen molar-refractivity contribution in [3.8, 4) is 17.3 Å². The van der Waals surface area contributed by atoms with Gasteiger partial charge < -0.3 is 14.2 Å². The van der Waals surface area contributed by atoms with Gasteiger partial charge in [-0.2, -0.15) is 0 Å². The maximum atomic E-state index is 9.28. The van der Waals surface area contributed by atoms with Crippen molar-refractivity contribution in [1.82, 2.24) is 10.3 Å². The standard InChI is InChI=1S/C8H8N2O3/c1-4-3-6(12-9-4)7-5(2)10-13-8(7)11/h3,11H,1-2H3. The van der Waals surface area contributed by atoms with Crippen molar-refractivity contribution < 1.29 is 14.2 Å². The van der Waals surface area contributed by atoms with Crippen LogP contribution in [-0.2, 0) is 0 Å². The van der Waals surface area contributed by atoms with Gasteiger partial charge in [0, 0.05) is 6.07 Å². The lowest BCUT2D eigenvalue weighted by Crippen LogP contribution is -1.75. The van der Waals surface area contributed by atoms with Gasteiger partial charge in [0.15, 0.2) is 5.76 Å². The lowest BCUT2D eigenvalue weighted by atomic mass is 10.2. The first-order chi connectivity index (χ1) is 6.18. The van der Waals surface area contributed by atoms with Gasteiger partial charge in [-0.15, -0.1) is 0 Å². The Balaban J connectivity index is 2.57. The third-order valence-electron chi connectivity index (χ3n) is 1.72. The second-order valence-corrected chi connectivity index (χ2v) is 2.78. The van der Waals surface area contributed by atoms with Crippen molar-refractivity contribution in [2.24, 2.45) is 0 Å². The fraction of sp³-hybridized carbons (Fsp3) is 0.250. The average molecular weight is 180 g/mol. The molecule has 0 aliphatic heterocycles. The normalized spacial score (nSPS) is 10.6. The third-order valence-corrected chi connectivity index (χ3v) is 1.72. The molecule has 0 aromatic carbocycles. The molecular weight excluding hydrogens is 172 g/mol. The van der Waals surface area contributed by atoms with Gasteiger partial charge in [0.05, 0.1) is 11.4 Å². The van der Waals surface area contributed by atoms with E-state index in [1.807, 2.05) is 0 Å². The molecule has 68 valence electrons. The maximum Gasteiger partial charge on any atom is 0.320 e. The number of hydrogen-bond acceptors (Lipinski definition) is 5. The van der Waals surface area contributed by atoms with Crippen molar-refractivity contribution >= 4 is 0 Å². The van der Waals surface area contributed by atoms with Gasteiger partial charge in [-0.3, -0.25) is 0 Å². The highest BCUT2D eigenvalue weighted by atomic mass is 16.6. The lowest BCUT2D eigenvalue weighted by molar-refractivity contribution is 0.277. The summed E-state index contributed by atoms with van der Waals surface area (Å²) in [5, 5.41) is 16.6. The number of aromatic hydroxyl groups is 1. The van der Waals surface area contributed by atoms with Crippen molar-refractivity contribution in [3.05, 3.63) is 17.5 Å². The molecule has 0 bridgehead atoms. The second-order valence-electron chi connectivity index (χ2n) is 2.78.